The van der Waals surface area contributed by atoms with Crippen LogP contribution in [0, 0.1) is 5.92 Å². The monoisotopic (exact) mass is 226 g/mol. The third kappa shape index (κ3) is 3.04. The first-order chi connectivity index (χ1) is 7.24. The van der Waals surface area contributed by atoms with Gasteiger partial charge in [-0.15, -0.1) is 0 Å². The average Bonchev–Trinajstić information content (AvgIpc) is 2.62. The van der Waals surface area contributed by atoms with Gasteiger partial charge in [0.15, 0.2) is 0 Å². The number of hydrogen-bond donors (Lipinski definition) is 1. The summed E-state index contributed by atoms with van der Waals surface area (Å²) in [6.45, 7) is 3.31. The number of nitrogens with one attached hydrogen (secondary N) is 1. The van der Waals surface area contributed by atoms with E-state index in [9.17, 15) is 0 Å². The van der Waals surface area contributed by atoms with Gasteiger partial charge in [0.2, 0.25) is 5.28 Å². The summed E-state index contributed by atoms with van der Waals surface area (Å²) in [7, 11) is 2.15. The van der Waals surface area contributed by atoms with E-state index < -0.39 is 0 Å². The summed E-state index contributed by atoms with van der Waals surface area (Å²) in [6, 6.07) is 1.84. The third-order valence-corrected chi connectivity index (χ3v) is 2.87. The van der Waals surface area contributed by atoms with Crippen LogP contribution in [-0.4, -0.2) is 41.5 Å². The summed E-state index contributed by atoms with van der Waals surface area (Å²) < 4.78 is 0. The molecule has 2 rings (SSSR count). The van der Waals surface area contributed by atoms with Crippen LogP contribution >= 0.6 is 11.6 Å². The van der Waals surface area contributed by atoms with Gasteiger partial charge in [0.1, 0.15) is 5.82 Å². The fourth-order valence-electron chi connectivity index (χ4n) is 1.88. The Morgan fingerprint density at radius 2 is 2.53 bits per heavy atom. The molecule has 0 radical (unpaired) electrons. The molecule has 1 fully saturated rings. The van der Waals surface area contributed by atoms with Crippen LogP contribution in [-0.2, 0) is 0 Å². The van der Waals surface area contributed by atoms with Crippen LogP contribution in [0.15, 0.2) is 12.3 Å². The maximum atomic E-state index is 5.69. The Labute approximate surface area is 94.7 Å². The minimum absolute atomic E-state index is 0.295. The van der Waals surface area contributed by atoms with Crippen molar-refractivity contribution in [1.29, 1.82) is 0 Å². The lowest BCUT2D eigenvalue weighted by Crippen LogP contribution is -2.19. The van der Waals surface area contributed by atoms with Crippen molar-refractivity contribution in [1.82, 2.24) is 14.9 Å². The van der Waals surface area contributed by atoms with E-state index in [1.165, 1.54) is 13.0 Å². The van der Waals surface area contributed by atoms with E-state index in [2.05, 4.69) is 27.2 Å². The topological polar surface area (TPSA) is 41.0 Å². The van der Waals surface area contributed by atoms with E-state index in [1.807, 2.05) is 6.07 Å². The van der Waals surface area contributed by atoms with E-state index in [1.54, 1.807) is 6.20 Å². The molecule has 5 heteroatoms. The first-order valence-corrected chi connectivity index (χ1v) is 5.53. The number of hydrogen-bond acceptors (Lipinski definition) is 4. The summed E-state index contributed by atoms with van der Waals surface area (Å²) in [5.74, 6) is 1.52. The first kappa shape index (κ1) is 10.6. The van der Waals surface area contributed by atoms with Crippen LogP contribution in [0.3, 0.4) is 0 Å². The Balaban J connectivity index is 1.83. The van der Waals surface area contributed by atoms with Gasteiger partial charge in [0.25, 0.3) is 0 Å². The molecule has 1 atom stereocenters. The molecule has 1 N–H and O–H groups in total. The molecule has 0 bridgehead atoms. The highest BCUT2D eigenvalue weighted by atomic mass is 35.5. The number of halogens is 1. The van der Waals surface area contributed by atoms with Gasteiger partial charge in [-0.05, 0) is 43.6 Å². The molecule has 4 nitrogen and oxygen atoms in total. The quantitative estimate of drug-likeness (QED) is 0.793. The van der Waals surface area contributed by atoms with Crippen LogP contribution in [0.5, 0.6) is 0 Å². The lowest BCUT2D eigenvalue weighted by molar-refractivity contribution is 0.399. The molecule has 2 heterocycles. The normalized spacial score (nSPS) is 21.9. The second-order valence-corrected chi connectivity index (χ2v) is 4.35. The van der Waals surface area contributed by atoms with Crippen molar-refractivity contribution in [3.05, 3.63) is 17.5 Å². The van der Waals surface area contributed by atoms with Crippen molar-refractivity contribution in [2.24, 2.45) is 5.92 Å². The van der Waals surface area contributed by atoms with E-state index in [-0.39, 0.29) is 0 Å². The van der Waals surface area contributed by atoms with Crippen molar-refractivity contribution in [2.45, 2.75) is 6.42 Å². The second kappa shape index (κ2) is 4.77. The van der Waals surface area contributed by atoms with Crippen molar-refractivity contribution < 1.29 is 0 Å². The molecule has 82 valence electrons. The molecule has 1 aliphatic rings. The molecule has 0 amide bonds. The SMILES string of the molecule is CN1CCC(CNc2ccnc(Cl)n2)C1. The number of aromatic nitrogens is 2. The zero-order valence-electron chi connectivity index (χ0n) is 8.78. The van der Waals surface area contributed by atoms with Gasteiger partial charge in [-0.25, -0.2) is 9.97 Å². The molecule has 1 saturated heterocycles. The van der Waals surface area contributed by atoms with Crippen LogP contribution in [0.4, 0.5) is 5.82 Å². The maximum Gasteiger partial charge on any atom is 0.224 e. The molecule has 1 aromatic heterocycles. The summed E-state index contributed by atoms with van der Waals surface area (Å²) in [6.07, 6.45) is 2.92. The molecule has 0 aromatic carbocycles. The Morgan fingerprint density at radius 1 is 1.67 bits per heavy atom. The lowest BCUT2D eigenvalue weighted by atomic mass is 10.1. The molecule has 15 heavy (non-hydrogen) atoms. The highest BCUT2D eigenvalue weighted by molar-refractivity contribution is 6.28. The zero-order valence-corrected chi connectivity index (χ0v) is 9.54. The van der Waals surface area contributed by atoms with Gasteiger partial charge < -0.3 is 10.2 Å². The summed E-state index contributed by atoms with van der Waals surface area (Å²) in [4.78, 5) is 10.3. The van der Waals surface area contributed by atoms with E-state index >= 15 is 0 Å². The minimum atomic E-state index is 0.295. The summed E-state index contributed by atoms with van der Waals surface area (Å²) in [5.41, 5.74) is 0. The average molecular weight is 227 g/mol. The summed E-state index contributed by atoms with van der Waals surface area (Å²) in [5, 5.41) is 3.58. The lowest BCUT2D eigenvalue weighted by Gasteiger charge is -2.11. The van der Waals surface area contributed by atoms with Crippen LogP contribution < -0.4 is 5.32 Å². The molecular weight excluding hydrogens is 212 g/mol. The van der Waals surface area contributed by atoms with E-state index in [4.69, 9.17) is 11.6 Å². The smallest absolute Gasteiger partial charge is 0.224 e. The number of anilines is 1. The standard InChI is InChI=1S/C10H15ClN4/c1-15-5-3-8(7-15)6-13-9-2-4-12-10(11)14-9/h2,4,8H,3,5-7H2,1H3,(H,12,13,14). The van der Waals surface area contributed by atoms with E-state index in [0.29, 0.717) is 11.2 Å². The fraction of sp³-hybridized carbons (Fsp3) is 0.600. The third-order valence-electron chi connectivity index (χ3n) is 2.69. The molecule has 0 saturated carbocycles. The molecular formula is C10H15ClN4. The number of rotatable bonds is 3. The van der Waals surface area contributed by atoms with Crippen LogP contribution in [0.2, 0.25) is 5.28 Å². The number of nitrogens with zero attached hydrogens (tertiary/aromatic N) is 3. The minimum Gasteiger partial charge on any atom is -0.370 e. The molecule has 1 aliphatic heterocycles. The fourth-order valence-corrected chi connectivity index (χ4v) is 2.02. The zero-order chi connectivity index (χ0) is 10.7. The van der Waals surface area contributed by atoms with Gasteiger partial charge >= 0.3 is 0 Å². The van der Waals surface area contributed by atoms with Gasteiger partial charge in [-0.3, -0.25) is 0 Å². The van der Waals surface area contributed by atoms with Crippen molar-refractivity contribution >= 4 is 17.4 Å². The van der Waals surface area contributed by atoms with Gasteiger partial charge in [-0.2, -0.15) is 0 Å². The first-order valence-electron chi connectivity index (χ1n) is 5.15. The van der Waals surface area contributed by atoms with E-state index in [0.717, 1.165) is 18.9 Å². The van der Waals surface area contributed by atoms with Gasteiger partial charge in [0.05, 0.1) is 0 Å². The maximum absolute atomic E-state index is 5.69. The van der Waals surface area contributed by atoms with Crippen LogP contribution in [0.1, 0.15) is 6.42 Å². The molecule has 0 aliphatic carbocycles. The molecule has 1 aromatic rings. The Hall–Kier alpha value is -0.870. The molecule has 0 spiro atoms. The largest absolute Gasteiger partial charge is 0.370 e. The molecule has 1 unspecified atom stereocenters. The van der Waals surface area contributed by atoms with Crippen molar-refractivity contribution in [3.63, 3.8) is 0 Å². The highest BCUT2D eigenvalue weighted by Crippen LogP contribution is 2.15. The Bertz CT molecular complexity index is 331. The summed E-state index contributed by atoms with van der Waals surface area (Å²) >= 11 is 5.69. The predicted molar refractivity (Wildman–Crippen MR) is 61.1 cm³/mol. The van der Waals surface area contributed by atoms with Crippen molar-refractivity contribution in [2.75, 3.05) is 32.0 Å². The highest BCUT2D eigenvalue weighted by Gasteiger charge is 2.18. The van der Waals surface area contributed by atoms with Gasteiger partial charge in [-0.1, -0.05) is 0 Å². The van der Waals surface area contributed by atoms with Crippen molar-refractivity contribution in [3.8, 4) is 0 Å². The predicted octanol–water partition coefficient (Wildman–Crippen LogP) is 1.49. The second-order valence-electron chi connectivity index (χ2n) is 4.01. The van der Waals surface area contributed by atoms with Crippen LogP contribution in [0.25, 0.3) is 0 Å². The Kier molecular flexibility index (Phi) is 3.38. The number of likely N-dealkylation sites (tertiary alicyclic amines) is 1. The Morgan fingerprint density at radius 3 is 3.20 bits per heavy atom. The van der Waals surface area contributed by atoms with Gasteiger partial charge in [0, 0.05) is 19.3 Å².